The maximum atomic E-state index is 11.5. The Labute approximate surface area is 102 Å². The molecule has 0 amide bonds. The number of aliphatic carboxylic acids is 1. The lowest BCUT2D eigenvalue weighted by Crippen LogP contribution is -2.54. The summed E-state index contributed by atoms with van der Waals surface area (Å²) in [7, 11) is 0. The summed E-state index contributed by atoms with van der Waals surface area (Å²) in [5, 5.41) is 9.92. The molecule has 0 aliphatic heterocycles. The van der Waals surface area contributed by atoms with Gasteiger partial charge in [0.15, 0.2) is 0 Å². The van der Waals surface area contributed by atoms with Crippen LogP contribution in [0, 0.1) is 5.41 Å². The molecule has 16 heavy (non-hydrogen) atoms. The van der Waals surface area contributed by atoms with Gasteiger partial charge in [0.05, 0.1) is 0 Å². The van der Waals surface area contributed by atoms with Gasteiger partial charge in [0.1, 0.15) is 4.75 Å². The number of carboxylic acids is 1. The molecule has 0 aromatic rings. The second-order valence-electron chi connectivity index (χ2n) is 5.70. The molecule has 2 rings (SSSR count). The smallest absolute Gasteiger partial charge is 0.319 e. The van der Waals surface area contributed by atoms with Crippen molar-refractivity contribution in [2.75, 3.05) is 0 Å². The maximum absolute atomic E-state index is 11.5. The van der Waals surface area contributed by atoms with E-state index in [0.29, 0.717) is 10.7 Å². The third kappa shape index (κ3) is 1.99. The fraction of sp³-hybridized carbons (Fsp3) is 0.923. The highest BCUT2D eigenvalue weighted by atomic mass is 32.2. The molecule has 1 unspecified atom stereocenters. The SMILES string of the molecule is CCC(C)SC1(C(=O)O)CC2(CCCC2)C1. The van der Waals surface area contributed by atoms with Crippen LogP contribution >= 0.6 is 11.8 Å². The van der Waals surface area contributed by atoms with Crippen molar-refractivity contribution in [1.82, 2.24) is 0 Å². The van der Waals surface area contributed by atoms with Crippen LogP contribution in [-0.4, -0.2) is 21.1 Å². The number of carbonyl (C=O) groups is 1. The fourth-order valence-electron chi connectivity index (χ4n) is 3.39. The fourth-order valence-corrected chi connectivity index (χ4v) is 5.21. The minimum absolute atomic E-state index is 0.416. The molecule has 1 spiro atoms. The average molecular weight is 242 g/mol. The van der Waals surface area contributed by atoms with Crippen LogP contribution in [0.1, 0.15) is 58.8 Å². The maximum Gasteiger partial charge on any atom is 0.319 e. The molecule has 1 atom stereocenters. The Hall–Kier alpha value is -0.180. The Kier molecular flexibility index (Phi) is 3.26. The number of hydrogen-bond acceptors (Lipinski definition) is 2. The standard InChI is InChI=1S/C13H22O2S/c1-3-10(2)16-13(11(14)15)8-12(9-13)6-4-5-7-12/h10H,3-9H2,1-2H3,(H,14,15). The molecule has 0 aromatic carbocycles. The van der Waals surface area contributed by atoms with Gasteiger partial charge in [-0.2, -0.15) is 0 Å². The van der Waals surface area contributed by atoms with Crippen LogP contribution in [0.15, 0.2) is 0 Å². The van der Waals surface area contributed by atoms with E-state index in [4.69, 9.17) is 0 Å². The van der Waals surface area contributed by atoms with E-state index >= 15 is 0 Å². The molecular weight excluding hydrogens is 220 g/mol. The topological polar surface area (TPSA) is 37.3 Å². The van der Waals surface area contributed by atoms with Crippen molar-refractivity contribution in [3.63, 3.8) is 0 Å². The molecule has 2 saturated carbocycles. The minimum Gasteiger partial charge on any atom is -0.480 e. The predicted octanol–water partition coefficient (Wildman–Crippen LogP) is 3.70. The first-order valence-corrected chi connectivity index (χ1v) is 7.31. The summed E-state index contributed by atoms with van der Waals surface area (Å²) in [6, 6.07) is 0. The van der Waals surface area contributed by atoms with E-state index in [9.17, 15) is 9.90 Å². The summed E-state index contributed by atoms with van der Waals surface area (Å²) in [5.41, 5.74) is 0.416. The zero-order valence-electron chi connectivity index (χ0n) is 10.3. The van der Waals surface area contributed by atoms with Crippen molar-refractivity contribution in [3.8, 4) is 0 Å². The van der Waals surface area contributed by atoms with Gasteiger partial charge in [0.25, 0.3) is 0 Å². The molecule has 2 aliphatic rings. The molecule has 2 aliphatic carbocycles. The molecule has 0 bridgehead atoms. The normalized spacial score (nSPS) is 27.6. The Morgan fingerprint density at radius 3 is 2.38 bits per heavy atom. The van der Waals surface area contributed by atoms with Crippen molar-refractivity contribution >= 4 is 17.7 Å². The third-order valence-electron chi connectivity index (χ3n) is 4.38. The van der Waals surface area contributed by atoms with E-state index < -0.39 is 10.7 Å². The zero-order chi connectivity index (χ0) is 11.8. The Morgan fingerprint density at radius 1 is 1.38 bits per heavy atom. The second kappa shape index (κ2) is 4.25. The molecule has 0 saturated heterocycles. The highest BCUT2D eigenvalue weighted by Crippen LogP contribution is 2.63. The van der Waals surface area contributed by atoms with Gasteiger partial charge in [-0.1, -0.05) is 26.7 Å². The van der Waals surface area contributed by atoms with E-state index in [-0.39, 0.29) is 0 Å². The molecule has 92 valence electrons. The molecule has 0 radical (unpaired) electrons. The van der Waals surface area contributed by atoms with Crippen LogP contribution in [0.25, 0.3) is 0 Å². The monoisotopic (exact) mass is 242 g/mol. The van der Waals surface area contributed by atoms with E-state index in [0.717, 1.165) is 19.3 Å². The van der Waals surface area contributed by atoms with E-state index in [1.54, 1.807) is 11.8 Å². The first kappa shape index (κ1) is 12.3. The zero-order valence-corrected chi connectivity index (χ0v) is 11.1. The van der Waals surface area contributed by atoms with Crippen LogP contribution in [-0.2, 0) is 4.79 Å². The highest BCUT2D eigenvalue weighted by molar-refractivity contribution is 8.02. The van der Waals surface area contributed by atoms with Gasteiger partial charge in [-0.15, -0.1) is 11.8 Å². The van der Waals surface area contributed by atoms with Gasteiger partial charge < -0.3 is 5.11 Å². The lowest BCUT2D eigenvalue weighted by molar-refractivity contribution is -0.146. The van der Waals surface area contributed by atoms with Crippen molar-refractivity contribution < 1.29 is 9.90 Å². The van der Waals surface area contributed by atoms with E-state index in [1.807, 2.05) is 0 Å². The van der Waals surface area contributed by atoms with E-state index in [2.05, 4.69) is 13.8 Å². The first-order chi connectivity index (χ1) is 7.52. The van der Waals surface area contributed by atoms with Gasteiger partial charge in [0, 0.05) is 5.25 Å². The molecular formula is C13H22O2S. The first-order valence-electron chi connectivity index (χ1n) is 6.43. The lowest BCUT2D eigenvalue weighted by Gasteiger charge is -2.52. The van der Waals surface area contributed by atoms with Gasteiger partial charge >= 0.3 is 5.97 Å². The Balaban J connectivity index is 2.01. The predicted molar refractivity (Wildman–Crippen MR) is 67.8 cm³/mol. The highest BCUT2D eigenvalue weighted by Gasteiger charge is 2.60. The van der Waals surface area contributed by atoms with Crippen molar-refractivity contribution in [2.24, 2.45) is 5.41 Å². The minimum atomic E-state index is -0.574. The number of hydrogen-bond donors (Lipinski definition) is 1. The van der Waals surface area contributed by atoms with Crippen LogP contribution in [0.2, 0.25) is 0 Å². The van der Waals surface area contributed by atoms with Crippen LogP contribution in [0.3, 0.4) is 0 Å². The summed E-state index contributed by atoms with van der Waals surface area (Å²) in [4.78, 5) is 11.5. The molecule has 3 heteroatoms. The largest absolute Gasteiger partial charge is 0.480 e. The van der Waals surface area contributed by atoms with Crippen molar-refractivity contribution in [2.45, 2.75) is 68.8 Å². The number of thioether (sulfide) groups is 1. The van der Waals surface area contributed by atoms with Crippen LogP contribution < -0.4 is 0 Å². The molecule has 0 aromatic heterocycles. The molecule has 2 nitrogen and oxygen atoms in total. The van der Waals surface area contributed by atoms with Gasteiger partial charge in [-0.3, -0.25) is 4.79 Å². The average Bonchev–Trinajstić information content (AvgIpc) is 2.64. The van der Waals surface area contributed by atoms with Crippen molar-refractivity contribution in [3.05, 3.63) is 0 Å². The summed E-state index contributed by atoms with van der Waals surface area (Å²) >= 11 is 1.70. The summed E-state index contributed by atoms with van der Waals surface area (Å²) in [6.07, 6.45) is 8.06. The third-order valence-corrected chi connectivity index (χ3v) is 6.03. The van der Waals surface area contributed by atoms with Gasteiger partial charge in [-0.25, -0.2) is 0 Å². The summed E-state index contributed by atoms with van der Waals surface area (Å²) in [6.45, 7) is 4.28. The van der Waals surface area contributed by atoms with E-state index in [1.165, 1.54) is 25.7 Å². The summed E-state index contributed by atoms with van der Waals surface area (Å²) in [5.74, 6) is -0.574. The Bertz CT molecular complexity index is 274. The number of rotatable bonds is 4. The molecule has 2 fully saturated rings. The molecule has 0 heterocycles. The second-order valence-corrected chi connectivity index (χ2v) is 7.52. The quantitative estimate of drug-likeness (QED) is 0.817. The molecule has 1 N–H and O–H groups in total. The summed E-state index contributed by atoms with van der Waals surface area (Å²) < 4.78 is -0.445. The van der Waals surface area contributed by atoms with Gasteiger partial charge in [0.2, 0.25) is 0 Å². The lowest BCUT2D eigenvalue weighted by atomic mass is 9.60. The van der Waals surface area contributed by atoms with Crippen molar-refractivity contribution in [1.29, 1.82) is 0 Å². The van der Waals surface area contributed by atoms with Gasteiger partial charge in [-0.05, 0) is 37.5 Å². The number of carboxylic acid groups (broad SMARTS) is 1. The van der Waals surface area contributed by atoms with Crippen LogP contribution in [0.4, 0.5) is 0 Å². The Morgan fingerprint density at radius 2 is 1.94 bits per heavy atom. The van der Waals surface area contributed by atoms with Crippen LogP contribution in [0.5, 0.6) is 0 Å².